The molecule has 0 heterocycles. The number of hydrogen-bond donors (Lipinski definition) is 1. The highest BCUT2D eigenvalue weighted by Gasteiger charge is 2.21. The summed E-state index contributed by atoms with van der Waals surface area (Å²) in [4.78, 5) is 24.8. The predicted molar refractivity (Wildman–Crippen MR) is 103 cm³/mol. The number of hydrogen-bond acceptors (Lipinski definition) is 4. The second-order valence-electron chi connectivity index (χ2n) is 5.81. The zero-order chi connectivity index (χ0) is 19.1. The van der Waals surface area contributed by atoms with Crippen molar-refractivity contribution in [2.24, 2.45) is 0 Å². The third-order valence-electron chi connectivity index (χ3n) is 3.77. The van der Waals surface area contributed by atoms with E-state index in [0.717, 1.165) is 0 Å². The van der Waals surface area contributed by atoms with Crippen LogP contribution in [-0.4, -0.2) is 18.0 Å². The second kappa shape index (κ2) is 8.67. The van der Waals surface area contributed by atoms with Gasteiger partial charge in [-0.05, 0) is 43.3 Å². The van der Waals surface area contributed by atoms with Crippen molar-refractivity contribution in [1.82, 2.24) is 0 Å². The number of benzene rings is 3. The summed E-state index contributed by atoms with van der Waals surface area (Å²) in [6.45, 7) is 1.52. The molecule has 0 radical (unpaired) electrons. The van der Waals surface area contributed by atoms with Crippen LogP contribution in [0.5, 0.6) is 11.5 Å². The Morgan fingerprint density at radius 2 is 1.41 bits per heavy atom. The van der Waals surface area contributed by atoms with Crippen molar-refractivity contribution in [2.45, 2.75) is 13.0 Å². The van der Waals surface area contributed by atoms with E-state index in [1.54, 1.807) is 48.5 Å². The van der Waals surface area contributed by atoms with Crippen molar-refractivity contribution in [3.63, 3.8) is 0 Å². The smallest absolute Gasteiger partial charge is 0.342 e. The van der Waals surface area contributed by atoms with Gasteiger partial charge in [0, 0.05) is 5.69 Å². The maximum Gasteiger partial charge on any atom is 0.342 e. The largest absolute Gasteiger partial charge is 0.456 e. The van der Waals surface area contributed by atoms with Crippen LogP contribution >= 0.6 is 0 Å². The van der Waals surface area contributed by atoms with Gasteiger partial charge in [0.15, 0.2) is 6.10 Å². The quantitative estimate of drug-likeness (QED) is 0.649. The van der Waals surface area contributed by atoms with E-state index in [1.807, 2.05) is 36.4 Å². The molecule has 5 heteroatoms. The fraction of sp³-hybridized carbons (Fsp3) is 0.0909. The van der Waals surface area contributed by atoms with Gasteiger partial charge in [-0.3, -0.25) is 4.79 Å². The molecule has 0 bridgehead atoms. The summed E-state index contributed by atoms with van der Waals surface area (Å²) in [5.41, 5.74) is 0.888. The molecule has 0 fully saturated rings. The molecule has 0 aromatic heterocycles. The normalized spacial score (nSPS) is 11.3. The fourth-order valence-corrected chi connectivity index (χ4v) is 2.38. The summed E-state index contributed by atoms with van der Waals surface area (Å²) < 4.78 is 11.1. The maximum absolute atomic E-state index is 12.5. The number of rotatable bonds is 6. The Kier molecular flexibility index (Phi) is 5.84. The monoisotopic (exact) mass is 361 g/mol. The van der Waals surface area contributed by atoms with Gasteiger partial charge in [-0.25, -0.2) is 4.79 Å². The first-order valence-corrected chi connectivity index (χ1v) is 8.52. The fourth-order valence-electron chi connectivity index (χ4n) is 2.38. The first-order chi connectivity index (χ1) is 13.1. The van der Waals surface area contributed by atoms with Crippen LogP contribution in [0, 0.1) is 0 Å². The lowest BCUT2D eigenvalue weighted by molar-refractivity contribution is -0.123. The van der Waals surface area contributed by atoms with Gasteiger partial charge in [-0.2, -0.15) is 0 Å². The highest BCUT2D eigenvalue weighted by atomic mass is 16.5. The molecular weight excluding hydrogens is 342 g/mol. The minimum absolute atomic E-state index is 0.251. The van der Waals surface area contributed by atoms with E-state index in [2.05, 4.69) is 5.32 Å². The Balaban J connectivity index is 1.68. The van der Waals surface area contributed by atoms with Crippen LogP contribution in [0.4, 0.5) is 5.69 Å². The first-order valence-electron chi connectivity index (χ1n) is 8.52. The molecule has 0 aliphatic rings. The molecule has 1 N–H and O–H groups in total. The van der Waals surface area contributed by atoms with Gasteiger partial charge in [-0.1, -0.05) is 48.5 Å². The van der Waals surface area contributed by atoms with E-state index in [1.165, 1.54) is 6.92 Å². The topological polar surface area (TPSA) is 64.6 Å². The van der Waals surface area contributed by atoms with Crippen molar-refractivity contribution in [2.75, 3.05) is 5.32 Å². The van der Waals surface area contributed by atoms with Crippen molar-refractivity contribution < 1.29 is 19.1 Å². The molecule has 0 unspecified atom stereocenters. The minimum Gasteiger partial charge on any atom is -0.456 e. The molecule has 0 aliphatic carbocycles. The van der Waals surface area contributed by atoms with Crippen molar-refractivity contribution in [1.29, 1.82) is 0 Å². The minimum atomic E-state index is -0.956. The van der Waals surface area contributed by atoms with Crippen LogP contribution in [0.25, 0.3) is 0 Å². The van der Waals surface area contributed by atoms with E-state index >= 15 is 0 Å². The number of carbonyl (C=O) groups excluding carboxylic acids is 2. The lowest BCUT2D eigenvalue weighted by Crippen LogP contribution is -2.30. The SMILES string of the molecule is C[C@H](OC(=O)c1ccccc1Oc1ccccc1)C(=O)Nc1ccccc1. The van der Waals surface area contributed by atoms with Crippen molar-refractivity contribution in [3.05, 3.63) is 90.5 Å². The Labute approximate surface area is 157 Å². The van der Waals surface area contributed by atoms with Gasteiger partial charge in [0.1, 0.15) is 17.1 Å². The molecule has 3 aromatic rings. The molecule has 0 aliphatic heterocycles. The van der Waals surface area contributed by atoms with E-state index in [9.17, 15) is 9.59 Å². The Morgan fingerprint density at radius 3 is 2.11 bits per heavy atom. The number of carbonyl (C=O) groups is 2. The van der Waals surface area contributed by atoms with Gasteiger partial charge in [0.2, 0.25) is 0 Å². The van der Waals surface area contributed by atoms with E-state index in [4.69, 9.17) is 9.47 Å². The van der Waals surface area contributed by atoms with Crippen LogP contribution in [0.15, 0.2) is 84.9 Å². The number of esters is 1. The van der Waals surface area contributed by atoms with Crippen LogP contribution in [0.1, 0.15) is 17.3 Å². The average molecular weight is 361 g/mol. The van der Waals surface area contributed by atoms with Gasteiger partial charge in [0.25, 0.3) is 5.91 Å². The van der Waals surface area contributed by atoms with Gasteiger partial charge < -0.3 is 14.8 Å². The van der Waals surface area contributed by atoms with E-state index in [-0.39, 0.29) is 5.56 Å². The van der Waals surface area contributed by atoms with Gasteiger partial charge >= 0.3 is 5.97 Å². The van der Waals surface area contributed by atoms with E-state index in [0.29, 0.717) is 17.2 Å². The summed E-state index contributed by atoms with van der Waals surface area (Å²) in [6, 6.07) is 24.9. The third kappa shape index (κ3) is 4.95. The number of ether oxygens (including phenoxy) is 2. The summed E-state index contributed by atoms with van der Waals surface area (Å²) >= 11 is 0. The lowest BCUT2D eigenvalue weighted by atomic mass is 10.2. The molecule has 3 aromatic carbocycles. The Bertz CT molecular complexity index is 910. The number of para-hydroxylation sites is 3. The number of anilines is 1. The molecule has 27 heavy (non-hydrogen) atoms. The van der Waals surface area contributed by atoms with E-state index < -0.39 is 18.0 Å². The molecule has 0 spiro atoms. The third-order valence-corrected chi connectivity index (χ3v) is 3.77. The van der Waals surface area contributed by atoms with Crippen LogP contribution in [0.3, 0.4) is 0 Å². The molecule has 1 amide bonds. The molecule has 0 saturated heterocycles. The number of amides is 1. The lowest BCUT2D eigenvalue weighted by Gasteiger charge is -2.15. The molecular formula is C22H19NO4. The maximum atomic E-state index is 12.5. The zero-order valence-electron chi connectivity index (χ0n) is 14.8. The Hall–Kier alpha value is -3.60. The number of nitrogens with one attached hydrogen (secondary N) is 1. The summed E-state index contributed by atoms with van der Waals surface area (Å²) in [6.07, 6.45) is -0.956. The summed E-state index contributed by atoms with van der Waals surface area (Å²) in [5.74, 6) is -0.0646. The molecule has 0 saturated carbocycles. The van der Waals surface area contributed by atoms with Gasteiger partial charge in [-0.15, -0.1) is 0 Å². The van der Waals surface area contributed by atoms with Crippen molar-refractivity contribution >= 4 is 17.6 Å². The Morgan fingerprint density at radius 1 is 0.815 bits per heavy atom. The molecule has 136 valence electrons. The predicted octanol–water partition coefficient (Wildman–Crippen LogP) is 4.66. The highest BCUT2D eigenvalue weighted by Crippen LogP contribution is 2.26. The molecule has 3 rings (SSSR count). The second-order valence-corrected chi connectivity index (χ2v) is 5.81. The molecule has 5 nitrogen and oxygen atoms in total. The summed E-state index contributed by atoms with van der Waals surface area (Å²) in [5, 5.41) is 2.71. The van der Waals surface area contributed by atoms with Crippen LogP contribution in [0.2, 0.25) is 0 Å². The van der Waals surface area contributed by atoms with Crippen LogP contribution in [-0.2, 0) is 9.53 Å². The molecule has 1 atom stereocenters. The standard InChI is InChI=1S/C22H19NO4/c1-16(21(24)23-17-10-4-2-5-11-17)26-22(25)19-14-8-9-15-20(19)27-18-12-6-3-7-13-18/h2-16H,1H3,(H,23,24)/t16-/m0/s1. The average Bonchev–Trinajstić information content (AvgIpc) is 2.70. The van der Waals surface area contributed by atoms with Crippen LogP contribution < -0.4 is 10.1 Å². The highest BCUT2D eigenvalue weighted by molar-refractivity contribution is 5.98. The summed E-state index contributed by atoms with van der Waals surface area (Å²) in [7, 11) is 0. The zero-order valence-corrected chi connectivity index (χ0v) is 14.8. The first kappa shape index (κ1) is 18.2. The van der Waals surface area contributed by atoms with Crippen molar-refractivity contribution in [3.8, 4) is 11.5 Å². The van der Waals surface area contributed by atoms with Gasteiger partial charge in [0.05, 0.1) is 0 Å².